The van der Waals surface area contributed by atoms with Crippen LogP contribution in [-0.2, 0) is 6.67 Å². The van der Waals surface area contributed by atoms with Crippen molar-refractivity contribution in [2.45, 2.75) is 25.9 Å². The fourth-order valence-corrected chi connectivity index (χ4v) is 2.64. The van der Waals surface area contributed by atoms with Crippen LogP contribution in [-0.4, -0.2) is 18.1 Å². The summed E-state index contributed by atoms with van der Waals surface area (Å²) in [6.45, 7) is 3.75. The van der Waals surface area contributed by atoms with Crippen LogP contribution in [0.15, 0.2) is 30.6 Å². The van der Waals surface area contributed by atoms with Crippen molar-refractivity contribution in [1.29, 1.82) is 0 Å². The number of piperidine rings is 1. The lowest BCUT2D eigenvalue weighted by atomic mass is 10.1. The Morgan fingerprint density at radius 2 is 1.94 bits per heavy atom. The van der Waals surface area contributed by atoms with E-state index in [0.29, 0.717) is 0 Å². The minimum atomic E-state index is 1.10. The summed E-state index contributed by atoms with van der Waals surface area (Å²) in [7, 11) is 0. The molecule has 0 saturated carbocycles. The normalized spacial score (nSPS) is 18.0. The van der Waals surface area contributed by atoms with Crippen LogP contribution < -0.4 is 9.47 Å². The van der Waals surface area contributed by atoms with Crippen molar-refractivity contribution in [3.8, 4) is 0 Å². The highest BCUT2D eigenvalue weighted by atomic mass is 15.3. The van der Waals surface area contributed by atoms with Gasteiger partial charge in [-0.05, 0) is 31.4 Å². The second-order valence-electron chi connectivity index (χ2n) is 4.73. The first-order chi connectivity index (χ1) is 7.93. The standard InChI is InChI=1S/C13H17N3/c1-4-8-15(9-5-1)11-16-10-14-12-6-2-3-7-13(12)16/h2-3,6-7,10H,1,4-5,8-9,11H2/p+2. The maximum Gasteiger partial charge on any atom is 0.247 e. The molecule has 3 rings (SSSR count). The summed E-state index contributed by atoms with van der Waals surface area (Å²) in [5.41, 5.74) is 2.56. The Hall–Kier alpha value is -1.35. The SMILES string of the molecule is c1ccc2c(c1)[nH]c[n+]2C[NH+]1CCCCC1. The lowest BCUT2D eigenvalue weighted by Crippen LogP contribution is -3.14. The highest BCUT2D eigenvalue weighted by Crippen LogP contribution is 2.04. The zero-order chi connectivity index (χ0) is 10.8. The molecule has 1 aliphatic heterocycles. The Morgan fingerprint density at radius 1 is 1.12 bits per heavy atom. The van der Waals surface area contributed by atoms with Gasteiger partial charge in [-0.25, -0.2) is 4.98 Å². The fraction of sp³-hybridized carbons (Fsp3) is 0.462. The first-order valence-electron chi connectivity index (χ1n) is 6.22. The van der Waals surface area contributed by atoms with Crippen molar-refractivity contribution in [3.63, 3.8) is 0 Å². The molecule has 0 atom stereocenters. The van der Waals surface area contributed by atoms with E-state index in [0.717, 1.165) is 6.67 Å². The smallest absolute Gasteiger partial charge is 0.247 e. The van der Waals surface area contributed by atoms with Crippen molar-refractivity contribution < 1.29 is 9.47 Å². The molecule has 0 bridgehead atoms. The second-order valence-corrected chi connectivity index (χ2v) is 4.73. The Morgan fingerprint density at radius 3 is 2.81 bits per heavy atom. The molecule has 3 heteroatoms. The molecule has 0 unspecified atom stereocenters. The van der Waals surface area contributed by atoms with E-state index in [2.05, 4.69) is 40.1 Å². The number of quaternary nitrogens is 1. The molecule has 1 saturated heterocycles. The van der Waals surface area contributed by atoms with E-state index >= 15 is 0 Å². The van der Waals surface area contributed by atoms with Gasteiger partial charge in [0, 0.05) is 0 Å². The van der Waals surface area contributed by atoms with Gasteiger partial charge in [-0.3, -0.25) is 4.90 Å². The van der Waals surface area contributed by atoms with E-state index in [-0.39, 0.29) is 0 Å². The lowest BCUT2D eigenvalue weighted by molar-refractivity contribution is -1.04. The third-order valence-corrected chi connectivity index (χ3v) is 3.54. The average Bonchev–Trinajstić information content (AvgIpc) is 2.74. The predicted octanol–water partition coefficient (Wildman–Crippen LogP) is 0.482. The lowest BCUT2D eigenvalue weighted by Gasteiger charge is -2.21. The number of aromatic amines is 1. The number of imidazole rings is 1. The maximum atomic E-state index is 3.33. The minimum Gasteiger partial charge on any atom is -0.299 e. The molecule has 0 radical (unpaired) electrons. The van der Waals surface area contributed by atoms with Gasteiger partial charge >= 0.3 is 0 Å². The van der Waals surface area contributed by atoms with Crippen LogP contribution in [0.1, 0.15) is 19.3 Å². The molecule has 3 nitrogen and oxygen atoms in total. The molecular weight excluding hydrogens is 198 g/mol. The predicted molar refractivity (Wildman–Crippen MR) is 63.0 cm³/mol. The first-order valence-corrected chi connectivity index (χ1v) is 6.22. The van der Waals surface area contributed by atoms with Gasteiger partial charge in [0.1, 0.15) is 0 Å². The molecular formula is C13H19N3+2. The van der Waals surface area contributed by atoms with Crippen molar-refractivity contribution in [1.82, 2.24) is 4.98 Å². The maximum absolute atomic E-state index is 3.33. The Balaban J connectivity index is 1.83. The van der Waals surface area contributed by atoms with Gasteiger partial charge in [0.05, 0.1) is 13.1 Å². The van der Waals surface area contributed by atoms with Crippen molar-refractivity contribution in [3.05, 3.63) is 30.6 Å². The van der Waals surface area contributed by atoms with Gasteiger partial charge in [-0.15, -0.1) is 0 Å². The number of nitrogens with zero attached hydrogens (tertiary/aromatic N) is 1. The van der Waals surface area contributed by atoms with Crippen LogP contribution in [0.5, 0.6) is 0 Å². The molecule has 1 aromatic carbocycles. The number of rotatable bonds is 2. The number of likely N-dealkylation sites (tertiary alicyclic amines) is 1. The molecule has 84 valence electrons. The minimum absolute atomic E-state index is 1.10. The van der Waals surface area contributed by atoms with Gasteiger partial charge in [0.25, 0.3) is 0 Å². The van der Waals surface area contributed by atoms with E-state index in [4.69, 9.17) is 0 Å². The van der Waals surface area contributed by atoms with Crippen LogP contribution in [0.25, 0.3) is 11.0 Å². The van der Waals surface area contributed by atoms with Gasteiger partial charge in [-0.2, -0.15) is 4.57 Å². The number of benzene rings is 1. The number of nitrogens with one attached hydrogen (secondary N) is 2. The van der Waals surface area contributed by atoms with Crippen LogP contribution in [0.4, 0.5) is 0 Å². The summed E-state index contributed by atoms with van der Waals surface area (Å²) < 4.78 is 2.34. The van der Waals surface area contributed by atoms with Crippen LogP contribution in [0.3, 0.4) is 0 Å². The third kappa shape index (κ3) is 1.83. The number of para-hydroxylation sites is 2. The van der Waals surface area contributed by atoms with E-state index in [1.54, 1.807) is 4.90 Å². The van der Waals surface area contributed by atoms with E-state index < -0.39 is 0 Å². The van der Waals surface area contributed by atoms with Crippen molar-refractivity contribution in [2.24, 2.45) is 0 Å². The zero-order valence-corrected chi connectivity index (χ0v) is 9.58. The van der Waals surface area contributed by atoms with Gasteiger partial charge in [0.2, 0.25) is 13.0 Å². The molecule has 2 aromatic rings. The van der Waals surface area contributed by atoms with Crippen LogP contribution in [0.2, 0.25) is 0 Å². The number of aromatic nitrogens is 2. The average molecular weight is 217 g/mol. The topological polar surface area (TPSA) is 24.1 Å². The second kappa shape index (κ2) is 4.26. The Kier molecular flexibility index (Phi) is 2.62. The zero-order valence-electron chi connectivity index (χ0n) is 9.58. The summed E-state index contributed by atoms with van der Waals surface area (Å²) >= 11 is 0. The molecule has 1 fully saturated rings. The van der Waals surface area contributed by atoms with E-state index in [1.165, 1.54) is 43.4 Å². The third-order valence-electron chi connectivity index (χ3n) is 3.54. The van der Waals surface area contributed by atoms with Gasteiger partial charge in [-0.1, -0.05) is 12.1 Å². The van der Waals surface area contributed by atoms with Crippen LogP contribution >= 0.6 is 0 Å². The molecule has 0 aliphatic carbocycles. The van der Waals surface area contributed by atoms with Gasteiger partial charge in [0.15, 0.2) is 11.0 Å². The quantitative estimate of drug-likeness (QED) is 0.684. The van der Waals surface area contributed by atoms with Crippen molar-refractivity contribution >= 4 is 11.0 Å². The molecule has 16 heavy (non-hydrogen) atoms. The molecule has 2 N–H and O–H groups in total. The van der Waals surface area contributed by atoms with Crippen molar-refractivity contribution in [2.75, 3.05) is 13.1 Å². The first kappa shape index (κ1) is 9.85. The number of hydrogen-bond acceptors (Lipinski definition) is 0. The summed E-state index contributed by atoms with van der Waals surface area (Å²) in [5.74, 6) is 0. The highest BCUT2D eigenvalue weighted by Gasteiger charge is 2.18. The molecule has 0 amide bonds. The molecule has 1 aliphatic rings. The monoisotopic (exact) mass is 217 g/mol. The summed E-state index contributed by atoms with van der Waals surface area (Å²) in [5, 5.41) is 0. The summed E-state index contributed by atoms with van der Waals surface area (Å²) in [4.78, 5) is 5.04. The molecule has 2 heterocycles. The Bertz CT molecular complexity index is 469. The van der Waals surface area contributed by atoms with Gasteiger partial charge < -0.3 is 0 Å². The summed E-state index contributed by atoms with van der Waals surface area (Å²) in [6.07, 6.45) is 6.30. The van der Waals surface area contributed by atoms with E-state index in [1.807, 2.05) is 0 Å². The number of hydrogen-bond donors (Lipinski definition) is 2. The summed E-state index contributed by atoms with van der Waals surface area (Å²) in [6, 6.07) is 8.52. The fourth-order valence-electron chi connectivity index (χ4n) is 2.64. The molecule has 0 spiro atoms. The van der Waals surface area contributed by atoms with E-state index in [9.17, 15) is 0 Å². The Labute approximate surface area is 95.7 Å². The van der Waals surface area contributed by atoms with Crippen LogP contribution in [0, 0.1) is 0 Å². The number of H-pyrrole nitrogens is 1. The molecule has 1 aromatic heterocycles. The largest absolute Gasteiger partial charge is 0.299 e. The highest BCUT2D eigenvalue weighted by molar-refractivity contribution is 5.70. The number of fused-ring (bicyclic) bond motifs is 1.